The summed E-state index contributed by atoms with van der Waals surface area (Å²) in [6.45, 7) is 12.9. The molecule has 0 saturated carbocycles. The molecule has 0 spiro atoms. The minimum Gasteiger partial charge on any atom is -0.376 e. The topological polar surface area (TPSA) is 167 Å². The average molecular weight is 582 g/mol. The number of nitrogens with one attached hydrogen (secondary N) is 1. The lowest BCUT2D eigenvalue weighted by molar-refractivity contribution is -0.152. The molecule has 3 rings (SSSR count). The summed E-state index contributed by atoms with van der Waals surface area (Å²) in [5.41, 5.74) is 11.0. The van der Waals surface area contributed by atoms with Crippen LogP contribution in [0.25, 0.3) is 0 Å². The molecule has 7 atom stereocenters. The van der Waals surface area contributed by atoms with Gasteiger partial charge in [0, 0.05) is 19.7 Å². The zero-order chi connectivity index (χ0) is 30.5. The number of primary amides is 1. The molecule has 0 bridgehead atoms. The highest BCUT2D eigenvalue weighted by atomic mass is 16.5. The zero-order valence-electron chi connectivity index (χ0n) is 25.6. The Balaban J connectivity index is 1.88. The van der Waals surface area contributed by atoms with Crippen molar-refractivity contribution >= 4 is 23.6 Å². The second kappa shape index (κ2) is 13.8. The van der Waals surface area contributed by atoms with Crippen LogP contribution in [0.4, 0.5) is 0 Å². The second-order valence-corrected chi connectivity index (χ2v) is 12.6. The van der Waals surface area contributed by atoms with Crippen molar-refractivity contribution in [3.63, 3.8) is 0 Å². The molecule has 4 amide bonds. The van der Waals surface area contributed by atoms with E-state index in [0.29, 0.717) is 64.6 Å². The number of ether oxygens (including phenoxy) is 3. The van der Waals surface area contributed by atoms with Gasteiger partial charge in [0.25, 0.3) is 0 Å². The van der Waals surface area contributed by atoms with Gasteiger partial charge in [-0.05, 0) is 79.6 Å². The van der Waals surface area contributed by atoms with Crippen molar-refractivity contribution in [2.24, 2.45) is 11.5 Å². The van der Waals surface area contributed by atoms with Gasteiger partial charge in [0.1, 0.15) is 24.2 Å². The highest BCUT2D eigenvalue weighted by Crippen LogP contribution is 2.28. The van der Waals surface area contributed by atoms with Crippen molar-refractivity contribution in [3.05, 3.63) is 0 Å². The first-order chi connectivity index (χ1) is 19.2. The molecular weight excluding hydrogens is 530 g/mol. The molecule has 234 valence electrons. The molecule has 5 N–H and O–H groups in total. The number of fused-ring (bicyclic) bond motifs is 2. The lowest BCUT2D eigenvalue weighted by Gasteiger charge is -2.37. The van der Waals surface area contributed by atoms with Gasteiger partial charge >= 0.3 is 0 Å². The number of carbonyl (C=O) groups excluding carboxylic acids is 4. The lowest BCUT2D eigenvalue weighted by Crippen LogP contribution is -2.59. The number of nitrogens with two attached hydrogens (primary N) is 2. The summed E-state index contributed by atoms with van der Waals surface area (Å²) >= 11 is 0. The predicted molar refractivity (Wildman–Crippen MR) is 152 cm³/mol. The SMILES string of the molecule is CCC1(C)CCOC(C)(C)CCOC(C)C(C(N)=O)NC(=O)C2CCCN2C(=O)C2CCCN2C(=O)C(N)C(C)O1. The fraction of sp³-hybridized carbons (Fsp3) is 0.862. The molecule has 0 aromatic carbocycles. The smallest absolute Gasteiger partial charge is 0.246 e. The van der Waals surface area contributed by atoms with Crippen LogP contribution >= 0.6 is 0 Å². The minimum atomic E-state index is -1.07. The predicted octanol–water partition coefficient (Wildman–Crippen LogP) is 0.834. The van der Waals surface area contributed by atoms with Gasteiger partial charge in [-0.15, -0.1) is 0 Å². The van der Waals surface area contributed by atoms with Crippen LogP contribution in [0.15, 0.2) is 0 Å². The van der Waals surface area contributed by atoms with Crippen molar-refractivity contribution in [1.82, 2.24) is 15.1 Å². The Labute approximate surface area is 244 Å². The van der Waals surface area contributed by atoms with Crippen LogP contribution in [-0.2, 0) is 33.4 Å². The van der Waals surface area contributed by atoms with E-state index >= 15 is 0 Å². The summed E-state index contributed by atoms with van der Waals surface area (Å²) in [4.78, 5) is 56.0. The Morgan fingerprint density at radius 2 is 1.56 bits per heavy atom. The monoisotopic (exact) mass is 581 g/mol. The van der Waals surface area contributed by atoms with Gasteiger partial charge in [-0.1, -0.05) is 6.92 Å². The van der Waals surface area contributed by atoms with E-state index in [1.807, 2.05) is 27.7 Å². The molecule has 0 radical (unpaired) electrons. The van der Waals surface area contributed by atoms with Gasteiger partial charge in [0.2, 0.25) is 23.6 Å². The fourth-order valence-corrected chi connectivity index (χ4v) is 5.89. The van der Waals surface area contributed by atoms with Crippen molar-refractivity contribution < 1.29 is 33.4 Å². The maximum Gasteiger partial charge on any atom is 0.246 e. The highest BCUT2D eigenvalue weighted by Gasteiger charge is 2.45. The molecule has 3 saturated heterocycles. The Hall–Kier alpha value is -2.28. The molecule has 3 fully saturated rings. The van der Waals surface area contributed by atoms with E-state index < -0.39 is 59.4 Å². The fourth-order valence-electron chi connectivity index (χ4n) is 5.89. The third-order valence-corrected chi connectivity index (χ3v) is 8.95. The van der Waals surface area contributed by atoms with Crippen molar-refractivity contribution in [1.29, 1.82) is 0 Å². The van der Waals surface area contributed by atoms with E-state index in [4.69, 9.17) is 25.7 Å². The molecule has 12 nitrogen and oxygen atoms in total. The zero-order valence-corrected chi connectivity index (χ0v) is 25.6. The summed E-state index contributed by atoms with van der Waals surface area (Å²) in [5.74, 6) is -1.80. The third-order valence-electron chi connectivity index (χ3n) is 8.95. The molecule has 7 unspecified atom stereocenters. The van der Waals surface area contributed by atoms with E-state index in [1.165, 1.54) is 4.90 Å². The largest absolute Gasteiger partial charge is 0.376 e. The summed E-state index contributed by atoms with van der Waals surface area (Å²) < 4.78 is 18.5. The van der Waals surface area contributed by atoms with Crippen LogP contribution in [0.1, 0.15) is 86.5 Å². The quantitative estimate of drug-likeness (QED) is 0.431. The normalized spacial score (nSPS) is 36.7. The first kappa shape index (κ1) is 33.2. The van der Waals surface area contributed by atoms with Crippen molar-refractivity contribution in [2.75, 3.05) is 26.3 Å². The Kier molecular flexibility index (Phi) is 11.2. The van der Waals surface area contributed by atoms with Crippen LogP contribution in [0, 0.1) is 0 Å². The Morgan fingerprint density at radius 3 is 2.17 bits per heavy atom. The van der Waals surface area contributed by atoms with Gasteiger partial charge in [-0.3, -0.25) is 19.2 Å². The van der Waals surface area contributed by atoms with E-state index in [0.717, 1.165) is 0 Å². The first-order valence-electron chi connectivity index (χ1n) is 15.1. The molecule has 3 aliphatic heterocycles. The van der Waals surface area contributed by atoms with Gasteiger partial charge in [-0.25, -0.2) is 0 Å². The van der Waals surface area contributed by atoms with Crippen LogP contribution in [0.3, 0.4) is 0 Å². The minimum absolute atomic E-state index is 0.280. The van der Waals surface area contributed by atoms with Gasteiger partial charge in [-0.2, -0.15) is 0 Å². The highest BCUT2D eigenvalue weighted by molar-refractivity contribution is 5.95. The number of nitrogens with zero attached hydrogens (tertiary/aromatic N) is 2. The molecule has 41 heavy (non-hydrogen) atoms. The van der Waals surface area contributed by atoms with Crippen molar-refractivity contribution in [2.45, 2.75) is 134 Å². The number of hydrogen-bond donors (Lipinski definition) is 3. The lowest BCUT2D eigenvalue weighted by atomic mass is 9.97. The van der Waals surface area contributed by atoms with Gasteiger partial charge in [0.15, 0.2) is 0 Å². The second-order valence-electron chi connectivity index (χ2n) is 12.6. The number of amides is 4. The van der Waals surface area contributed by atoms with Crippen LogP contribution in [0.5, 0.6) is 0 Å². The molecule has 3 aliphatic rings. The standard InChI is InChI=1S/C29H51N5O7/c1-7-29(6)13-17-40-28(4,5)12-16-39-19(3)23(24(31)35)32-25(36)20-10-8-14-33(20)26(37)21-11-9-15-34(21)27(38)22(30)18(2)41-29/h18-23H,7-17,30H2,1-6H3,(H2,31,35)(H,32,36). The van der Waals surface area contributed by atoms with E-state index in [9.17, 15) is 19.2 Å². The van der Waals surface area contributed by atoms with E-state index in [1.54, 1.807) is 18.7 Å². The molecule has 3 heterocycles. The molecule has 0 aromatic rings. The van der Waals surface area contributed by atoms with E-state index in [2.05, 4.69) is 5.32 Å². The van der Waals surface area contributed by atoms with E-state index in [-0.39, 0.29) is 18.4 Å². The number of carbonyl (C=O) groups is 4. The molecule has 0 aliphatic carbocycles. The third kappa shape index (κ3) is 8.18. The molecule has 0 aromatic heterocycles. The van der Waals surface area contributed by atoms with Gasteiger partial charge in [0.05, 0.1) is 30.0 Å². The molecular formula is C29H51N5O7. The number of hydrogen-bond acceptors (Lipinski definition) is 8. The average Bonchev–Trinajstić information content (AvgIpc) is 3.59. The van der Waals surface area contributed by atoms with Crippen LogP contribution < -0.4 is 16.8 Å². The molecule has 12 heteroatoms. The first-order valence-corrected chi connectivity index (χ1v) is 15.1. The Morgan fingerprint density at radius 1 is 0.951 bits per heavy atom. The summed E-state index contributed by atoms with van der Waals surface area (Å²) in [6.07, 6.45) is 2.78. The maximum absolute atomic E-state index is 13.7. The summed E-state index contributed by atoms with van der Waals surface area (Å²) in [5, 5.41) is 2.73. The van der Waals surface area contributed by atoms with Crippen LogP contribution in [0.2, 0.25) is 0 Å². The van der Waals surface area contributed by atoms with Crippen LogP contribution in [-0.4, -0.2) is 107 Å². The van der Waals surface area contributed by atoms with Crippen molar-refractivity contribution in [3.8, 4) is 0 Å². The maximum atomic E-state index is 13.7. The Bertz CT molecular complexity index is 962. The summed E-state index contributed by atoms with van der Waals surface area (Å²) in [7, 11) is 0. The summed E-state index contributed by atoms with van der Waals surface area (Å²) in [6, 6.07) is -3.49. The number of rotatable bonds is 2. The van der Waals surface area contributed by atoms with Gasteiger partial charge < -0.3 is 40.8 Å².